The molecule has 3 heteroatoms. The topological polar surface area (TPSA) is 3.24 Å². The minimum Gasteiger partial charge on any atom is -0.248 e. The summed E-state index contributed by atoms with van der Waals surface area (Å²) in [5, 5.41) is 2.09. The van der Waals surface area contributed by atoms with Gasteiger partial charge in [-0.1, -0.05) is 25.8 Å². The lowest BCUT2D eigenvalue weighted by molar-refractivity contribution is 0.504. The smallest absolute Gasteiger partial charge is 0.0432 e. The van der Waals surface area contributed by atoms with Crippen LogP contribution < -0.4 is 0 Å². The summed E-state index contributed by atoms with van der Waals surface area (Å²) in [4.78, 5) is 1.37. The summed E-state index contributed by atoms with van der Waals surface area (Å²) >= 11 is 6.03. The zero-order valence-corrected chi connectivity index (χ0v) is 7.66. The fourth-order valence-electron chi connectivity index (χ4n) is 0.694. The molecule has 0 unspecified atom stereocenters. The lowest BCUT2D eigenvalue weighted by atomic mass is 10.4. The van der Waals surface area contributed by atoms with Crippen LogP contribution in [0.3, 0.4) is 0 Å². The van der Waals surface area contributed by atoms with Crippen molar-refractivity contribution in [2.45, 2.75) is 13.5 Å². The first-order chi connectivity index (χ1) is 4.83. The van der Waals surface area contributed by atoms with E-state index in [1.54, 1.807) is 11.3 Å². The van der Waals surface area contributed by atoms with Crippen molar-refractivity contribution in [3.05, 3.63) is 22.4 Å². The molecule has 0 bridgehead atoms. The van der Waals surface area contributed by atoms with Gasteiger partial charge in [-0.25, -0.2) is 4.31 Å². The Hall–Kier alpha value is 0.01000. The predicted octanol–water partition coefficient (Wildman–Crippen LogP) is 2.41. The van der Waals surface area contributed by atoms with Gasteiger partial charge in [-0.05, 0) is 11.4 Å². The molecular formula is C7H11NS2. The van der Waals surface area contributed by atoms with Crippen molar-refractivity contribution in [3.8, 4) is 0 Å². The second-order valence-electron chi connectivity index (χ2n) is 2.06. The zero-order chi connectivity index (χ0) is 7.40. The van der Waals surface area contributed by atoms with Crippen LogP contribution >= 0.6 is 24.2 Å². The number of rotatable bonds is 3. The van der Waals surface area contributed by atoms with E-state index < -0.39 is 0 Å². The summed E-state index contributed by atoms with van der Waals surface area (Å²) in [6.07, 6.45) is 0. The summed E-state index contributed by atoms with van der Waals surface area (Å²) in [5.41, 5.74) is 0. The van der Waals surface area contributed by atoms with Gasteiger partial charge in [-0.3, -0.25) is 0 Å². The van der Waals surface area contributed by atoms with Crippen LogP contribution in [0.2, 0.25) is 0 Å². The number of hydrogen-bond donors (Lipinski definition) is 1. The summed E-state index contributed by atoms with van der Waals surface area (Å²) in [6.45, 7) is 4.04. The van der Waals surface area contributed by atoms with Crippen molar-refractivity contribution >= 4 is 24.2 Å². The molecule has 1 nitrogen and oxygen atoms in total. The minimum absolute atomic E-state index is 0.956. The molecule has 0 radical (unpaired) electrons. The highest BCUT2D eigenvalue weighted by Crippen LogP contribution is 2.12. The molecule has 0 aliphatic rings. The average molecular weight is 173 g/mol. The highest BCUT2D eigenvalue weighted by atomic mass is 32.1. The van der Waals surface area contributed by atoms with Crippen LogP contribution in [0.25, 0.3) is 0 Å². The molecule has 0 saturated heterocycles. The van der Waals surface area contributed by atoms with Crippen LogP contribution in [0.5, 0.6) is 0 Å². The standard InChI is InChI=1S/C7H11NS2/c1-2-8(9)6-7-4-3-5-10-7/h3-5,9H,2,6H2,1H3. The highest BCUT2D eigenvalue weighted by molar-refractivity contribution is 7.77. The van der Waals surface area contributed by atoms with Crippen molar-refractivity contribution < 1.29 is 0 Å². The second-order valence-corrected chi connectivity index (χ2v) is 3.66. The van der Waals surface area contributed by atoms with Crippen LogP contribution in [0.15, 0.2) is 17.5 Å². The Bertz CT molecular complexity index is 172. The molecule has 56 valence electrons. The normalized spacial score (nSPS) is 10.7. The predicted molar refractivity (Wildman–Crippen MR) is 49.4 cm³/mol. The molecule has 0 saturated carbocycles. The van der Waals surface area contributed by atoms with Crippen molar-refractivity contribution in [1.82, 2.24) is 4.31 Å². The van der Waals surface area contributed by atoms with Gasteiger partial charge in [-0.2, -0.15) is 0 Å². The van der Waals surface area contributed by atoms with E-state index in [0.717, 1.165) is 13.1 Å². The Kier molecular flexibility index (Phi) is 3.25. The first-order valence-electron chi connectivity index (χ1n) is 3.29. The Labute approximate surface area is 71.2 Å². The Balaban J connectivity index is 2.40. The van der Waals surface area contributed by atoms with Crippen LogP contribution in [0.4, 0.5) is 0 Å². The SMILES string of the molecule is CCN(S)Cc1cccs1. The van der Waals surface area contributed by atoms with Gasteiger partial charge in [0.25, 0.3) is 0 Å². The molecule has 0 aromatic carbocycles. The van der Waals surface area contributed by atoms with Gasteiger partial charge in [0.15, 0.2) is 0 Å². The molecule has 10 heavy (non-hydrogen) atoms. The summed E-state index contributed by atoms with van der Waals surface area (Å²) in [7, 11) is 0. The molecule has 0 N–H and O–H groups in total. The van der Waals surface area contributed by atoms with Crippen molar-refractivity contribution in [1.29, 1.82) is 0 Å². The molecule has 0 amide bonds. The quantitative estimate of drug-likeness (QED) is 0.687. The van der Waals surface area contributed by atoms with E-state index in [4.69, 9.17) is 0 Å². The van der Waals surface area contributed by atoms with Crippen LogP contribution in [0.1, 0.15) is 11.8 Å². The van der Waals surface area contributed by atoms with E-state index in [1.807, 2.05) is 4.31 Å². The molecular weight excluding hydrogens is 162 g/mol. The van der Waals surface area contributed by atoms with E-state index in [2.05, 4.69) is 37.3 Å². The highest BCUT2D eigenvalue weighted by Gasteiger charge is 1.97. The third-order valence-electron chi connectivity index (χ3n) is 1.28. The van der Waals surface area contributed by atoms with Crippen molar-refractivity contribution in [2.24, 2.45) is 0 Å². The van der Waals surface area contributed by atoms with E-state index in [9.17, 15) is 0 Å². The maximum Gasteiger partial charge on any atom is 0.0432 e. The maximum absolute atomic E-state index is 4.26. The van der Waals surface area contributed by atoms with Gasteiger partial charge >= 0.3 is 0 Å². The van der Waals surface area contributed by atoms with Crippen molar-refractivity contribution in [3.63, 3.8) is 0 Å². The first-order valence-corrected chi connectivity index (χ1v) is 4.57. The van der Waals surface area contributed by atoms with E-state index in [1.165, 1.54) is 4.88 Å². The zero-order valence-electron chi connectivity index (χ0n) is 5.95. The second kappa shape index (κ2) is 4.01. The van der Waals surface area contributed by atoms with Gasteiger partial charge in [0.1, 0.15) is 0 Å². The molecule has 1 heterocycles. The maximum atomic E-state index is 4.26. The van der Waals surface area contributed by atoms with E-state index >= 15 is 0 Å². The van der Waals surface area contributed by atoms with Gasteiger partial charge in [-0.15, -0.1) is 11.3 Å². The summed E-state index contributed by atoms with van der Waals surface area (Å²) in [6, 6.07) is 4.20. The monoisotopic (exact) mass is 173 g/mol. The fraction of sp³-hybridized carbons (Fsp3) is 0.429. The number of thiophene rings is 1. The Morgan fingerprint density at radius 1 is 1.70 bits per heavy atom. The largest absolute Gasteiger partial charge is 0.248 e. The lowest BCUT2D eigenvalue weighted by Crippen LogP contribution is -2.09. The molecule has 0 aliphatic carbocycles. The molecule has 0 aliphatic heterocycles. The third-order valence-corrected chi connectivity index (χ3v) is 2.57. The van der Waals surface area contributed by atoms with E-state index in [-0.39, 0.29) is 0 Å². The lowest BCUT2D eigenvalue weighted by Gasteiger charge is -2.09. The van der Waals surface area contributed by atoms with Crippen LogP contribution in [0, 0.1) is 0 Å². The van der Waals surface area contributed by atoms with Gasteiger partial charge in [0, 0.05) is 18.0 Å². The molecule has 1 aromatic heterocycles. The number of thiol groups is 1. The number of nitrogens with zero attached hydrogens (tertiary/aromatic N) is 1. The molecule has 1 aromatic rings. The molecule has 0 spiro atoms. The van der Waals surface area contributed by atoms with Crippen LogP contribution in [-0.2, 0) is 6.54 Å². The van der Waals surface area contributed by atoms with Crippen molar-refractivity contribution in [2.75, 3.05) is 6.54 Å². The Morgan fingerprint density at radius 3 is 3.00 bits per heavy atom. The molecule has 1 rings (SSSR count). The van der Waals surface area contributed by atoms with Gasteiger partial charge < -0.3 is 0 Å². The molecule has 0 atom stereocenters. The number of hydrogen-bond acceptors (Lipinski definition) is 3. The fourth-order valence-corrected chi connectivity index (χ4v) is 1.66. The van der Waals surface area contributed by atoms with E-state index in [0.29, 0.717) is 0 Å². The average Bonchev–Trinajstić information content (AvgIpc) is 2.40. The minimum atomic E-state index is 0.956. The first kappa shape index (κ1) is 8.11. The Morgan fingerprint density at radius 2 is 2.50 bits per heavy atom. The third kappa shape index (κ3) is 2.33. The summed E-state index contributed by atoms with van der Waals surface area (Å²) in [5.74, 6) is 0. The van der Waals surface area contributed by atoms with Gasteiger partial charge in [0.2, 0.25) is 0 Å². The summed E-state index contributed by atoms with van der Waals surface area (Å²) < 4.78 is 1.99. The van der Waals surface area contributed by atoms with Gasteiger partial charge in [0.05, 0.1) is 0 Å². The van der Waals surface area contributed by atoms with Crippen LogP contribution in [-0.4, -0.2) is 10.8 Å². The molecule has 0 fully saturated rings.